The molecule has 0 radical (unpaired) electrons. The van der Waals surface area contributed by atoms with E-state index in [4.69, 9.17) is 4.74 Å². The van der Waals surface area contributed by atoms with Gasteiger partial charge in [0.1, 0.15) is 0 Å². The first-order chi connectivity index (χ1) is 7.70. The number of anilines is 1. The van der Waals surface area contributed by atoms with E-state index in [2.05, 4.69) is 34.4 Å². The molecule has 0 saturated heterocycles. The molecule has 5 nitrogen and oxygen atoms in total. The van der Waals surface area contributed by atoms with E-state index in [1.807, 2.05) is 0 Å². The van der Waals surface area contributed by atoms with Crippen molar-refractivity contribution >= 4 is 5.95 Å². The van der Waals surface area contributed by atoms with Crippen molar-refractivity contribution < 1.29 is 4.74 Å². The van der Waals surface area contributed by atoms with E-state index in [-0.39, 0.29) is 0 Å². The maximum atomic E-state index is 5.32. The number of methoxy groups -OCH3 is 1. The van der Waals surface area contributed by atoms with E-state index in [0.717, 1.165) is 30.8 Å². The molecule has 5 heteroatoms. The van der Waals surface area contributed by atoms with E-state index in [9.17, 15) is 0 Å². The molecule has 0 spiro atoms. The van der Waals surface area contributed by atoms with Gasteiger partial charge in [0.2, 0.25) is 11.8 Å². The van der Waals surface area contributed by atoms with Gasteiger partial charge >= 0.3 is 0 Å². The van der Waals surface area contributed by atoms with Crippen molar-refractivity contribution in [3.63, 3.8) is 0 Å². The van der Waals surface area contributed by atoms with Crippen LogP contribution in [0.4, 0.5) is 5.95 Å². The van der Waals surface area contributed by atoms with Crippen molar-refractivity contribution in [2.45, 2.75) is 32.9 Å². The molecule has 2 N–H and O–H groups in total. The first-order valence-electron chi connectivity index (χ1n) is 5.61. The summed E-state index contributed by atoms with van der Waals surface area (Å²) in [5, 5.41) is 6.50. The van der Waals surface area contributed by atoms with Crippen molar-refractivity contribution in [1.82, 2.24) is 15.3 Å². The van der Waals surface area contributed by atoms with Gasteiger partial charge in [-0.15, -0.1) is 0 Å². The fourth-order valence-corrected chi connectivity index (χ4v) is 1.82. The molecule has 1 aromatic heterocycles. The zero-order valence-electron chi connectivity index (χ0n) is 10.0. The molecule has 2 heterocycles. The fourth-order valence-electron chi connectivity index (χ4n) is 1.82. The summed E-state index contributed by atoms with van der Waals surface area (Å²) in [6.07, 6.45) is 0.931. The molecular weight excluding hydrogens is 204 g/mol. The number of rotatable bonds is 3. The van der Waals surface area contributed by atoms with Gasteiger partial charge in [0.15, 0.2) is 0 Å². The van der Waals surface area contributed by atoms with Crippen LogP contribution >= 0.6 is 0 Å². The number of hydrogen-bond acceptors (Lipinski definition) is 5. The van der Waals surface area contributed by atoms with E-state index in [0.29, 0.717) is 17.9 Å². The Morgan fingerprint density at radius 1 is 1.38 bits per heavy atom. The predicted octanol–water partition coefficient (Wildman–Crippen LogP) is 0.951. The van der Waals surface area contributed by atoms with Crippen LogP contribution in [0, 0.1) is 0 Å². The van der Waals surface area contributed by atoms with Crippen LogP contribution in [0.1, 0.15) is 25.1 Å². The Bertz CT molecular complexity index is 361. The number of aromatic nitrogens is 2. The third kappa shape index (κ3) is 2.24. The van der Waals surface area contributed by atoms with Crippen LogP contribution in [0.2, 0.25) is 0 Å². The van der Waals surface area contributed by atoms with Crippen molar-refractivity contribution in [2.75, 3.05) is 19.0 Å². The van der Waals surface area contributed by atoms with Crippen LogP contribution in [0.5, 0.6) is 5.88 Å². The van der Waals surface area contributed by atoms with Gasteiger partial charge in [0.25, 0.3) is 0 Å². The summed E-state index contributed by atoms with van der Waals surface area (Å²) < 4.78 is 5.32. The topological polar surface area (TPSA) is 59.1 Å². The van der Waals surface area contributed by atoms with Crippen LogP contribution in [-0.2, 0) is 13.0 Å². The van der Waals surface area contributed by atoms with Gasteiger partial charge in [-0.25, -0.2) is 4.98 Å². The van der Waals surface area contributed by atoms with Gasteiger partial charge in [-0.2, -0.15) is 4.98 Å². The van der Waals surface area contributed by atoms with E-state index in [1.165, 1.54) is 0 Å². The van der Waals surface area contributed by atoms with Crippen molar-refractivity contribution in [3.8, 4) is 5.88 Å². The van der Waals surface area contributed by atoms with E-state index >= 15 is 0 Å². The molecule has 16 heavy (non-hydrogen) atoms. The highest BCUT2D eigenvalue weighted by atomic mass is 16.5. The monoisotopic (exact) mass is 222 g/mol. The molecule has 0 aliphatic carbocycles. The van der Waals surface area contributed by atoms with E-state index in [1.54, 1.807) is 7.11 Å². The second-order valence-electron chi connectivity index (χ2n) is 4.21. The minimum atomic E-state index is 0.319. The molecule has 0 bridgehead atoms. The van der Waals surface area contributed by atoms with Gasteiger partial charge in [-0.05, 0) is 26.8 Å². The Hall–Kier alpha value is -1.36. The first-order valence-corrected chi connectivity index (χ1v) is 5.61. The molecule has 1 aliphatic heterocycles. The molecule has 0 aromatic carbocycles. The van der Waals surface area contributed by atoms with Gasteiger partial charge in [-0.3, -0.25) is 0 Å². The molecule has 2 rings (SSSR count). The minimum absolute atomic E-state index is 0.319. The number of ether oxygens (including phenoxy) is 1. The molecule has 0 saturated carbocycles. The SMILES string of the molecule is COc1nc(NC(C)C)nc2c1CCNC2. The normalized spacial score (nSPS) is 14.8. The van der Waals surface area contributed by atoms with Crippen LogP contribution < -0.4 is 15.4 Å². The van der Waals surface area contributed by atoms with Crippen LogP contribution in [0.25, 0.3) is 0 Å². The molecule has 0 unspecified atom stereocenters. The maximum absolute atomic E-state index is 5.32. The second kappa shape index (κ2) is 4.65. The maximum Gasteiger partial charge on any atom is 0.226 e. The Balaban J connectivity index is 2.35. The molecule has 1 aromatic rings. The summed E-state index contributed by atoms with van der Waals surface area (Å²) >= 11 is 0. The Morgan fingerprint density at radius 3 is 2.88 bits per heavy atom. The largest absolute Gasteiger partial charge is 0.481 e. The smallest absolute Gasteiger partial charge is 0.226 e. The quantitative estimate of drug-likeness (QED) is 0.797. The first kappa shape index (κ1) is 11.1. The van der Waals surface area contributed by atoms with Crippen LogP contribution in [0.15, 0.2) is 0 Å². The summed E-state index contributed by atoms with van der Waals surface area (Å²) in [6.45, 7) is 5.88. The third-order valence-electron chi connectivity index (χ3n) is 2.51. The number of nitrogens with zero attached hydrogens (tertiary/aromatic N) is 2. The minimum Gasteiger partial charge on any atom is -0.481 e. The van der Waals surface area contributed by atoms with E-state index < -0.39 is 0 Å². The zero-order valence-corrected chi connectivity index (χ0v) is 10.0. The molecule has 0 fully saturated rings. The highest BCUT2D eigenvalue weighted by Crippen LogP contribution is 2.23. The van der Waals surface area contributed by atoms with Crippen molar-refractivity contribution in [2.24, 2.45) is 0 Å². The number of nitrogens with one attached hydrogen (secondary N) is 2. The lowest BCUT2D eigenvalue weighted by Crippen LogP contribution is -2.26. The molecular formula is C11H18N4O. The van der Waals surface area contributed by atoms with Crippen LogP contribution in [-0.4, -0.2) is 29.7 Å². The predicted molar refractivity (Wildman–Crippen MR) is 62.8 cm³/mol. The second-order valence-corrected chi connectivity index (χ2v) is 4.21. The highest BCUT2D eigenvalue weighted by molar-refractivity contribution is 5.40. The van der Waals surface area contributed by atoms with Gasteiger partial charge in [0, 0.05) is 18.2 Å². The van der Waals surface area contributed by atoms with Crippen molar-refractivity contribution in [1.29, 1.82) is 0 Å². The molecule has 0 amide bonds. The lowest BCUT2D eigenvalue weighted by atomic mass is 10.1. The van der Waals surface area contributed by atoms with Gasteiger partial charge in [0.05, 0.1) is 12.8 Å². The van der Waals surface area contributed by atoms with Crippen molar-refractivity contribution in [3.05, 3.63) is 11.3 Å². The van der Waals surface area contributed by atoms with Gasteiger partial charge in [-0.1, -0.05) is 0 Å². The lowest BCUT2D eigenvalue weighted by molar-refractivity contribution is 0.387. The molecule has 88 valence electrons. The summed E-state index contributed by atoms with van der Waals surface area (Å²) in [5.74, 6) is 1.35. The summed E-state index contributed by atoms with van der Waals surface area (Å²) in [6, 6.07) is 0.319. The number of hydrogen-bond donors (Lipinski definition) is 2. The lowest BCUT2D eigenvalue weighted by Gasteiger charge is -2.19. The number of fused-ring (bicyclic) bond motifs is 1. The summed E-state index contributed by atoms with van der Waals surface area (Å²) in [4.78, 5) is 8.87. The average molecular weight is 222 g/mol. The Kier molecular flexibility index (Phi) is 3.24. The van der Waals surface area contributed by atoms with Crippen LogP contribution in [0.3, 0.4) is 0 Å². The summed E-state index contributed by atoms with van der Waals surface area (Å²) in [5.41, 5.74) is 2.18. The highest BCUT2D eigenvalue weighted by Gasteiger charge is 2.18. The molecule has 1 aliphatic rings. The third-order valence-corrected chi connectivity index (χ3v) is 2.51. The zero-order chi connectivity index (χ0) is 11.5. The fraction of sp³-hybridized carbons (Fsp3) is 0.636. The Morgan fingerprint density at radius 2 is 2.19 bits per heavy atom. The molecule has 0 atom stereocenters. The summed E-state index contributed by atoms with van der Waals surface area (Å²) in [7, 11) is 1.66. The standard InChI is InChI=1S/C11H18N4O/c1-7(2)13-11-14-9-6-12-5-4-8(9)10(15-11)16-3/h7,12H,4-6H2,1-3H3,(H,13,14,15). The van der Waals surface area contributed by atoms with Gasteiger partial charge < -0.3 is 15.4 Å². The average Bonchev–Trinajstić information content (AvgIpc) is 2.27. The Labute approximate surface area is 95.6 Å².